The van der Waals surface area contributed by atoms with Crippen molar-refractivity contribution in [2.24, 2.45) is 11.7 Å². The van der Waals surface area contributed by atoms with Crippen molar-refractivity contribution < 1.29 is 0 Å². The van der Waals surface area contributed by atoms with Crippen LogP contribution in [0.2, 0.25) is 0 Å². The average molecular weight is 404 g/mol. The maximum atomic E-state index is 5.81. The van der Waals surface area contributed by atoms with E-state index < -0.39 is 0 Å². The van der Waals surface area contributed by atoms with E-state index in [-0.39, 0.29) is 0 Å². The van der Waals surface area contributed by atoms with Gasteiger partial charge < -0.3 is 10.3 Å². The van der Waals surface area contributed by atoms with Crippen LogP contribution < -0.4 is 5.73 Å². The van der Waals surface area contributed by atoms with Crippen LogP contribution >= 0.6 is 0 Å². The molecule has 0 saturated heterocycles. The molecule has 1 fully saturated rings. The molecule has 0 amide bonds. The predicted molar refractivity (Wildman–Crippen MR) is 121 cm³/mol. The number of nitrogens with two attached hydrogens (primary N) is 1. The lowest BCUT2D eigenvalue weighted by Gasteiger charge is -2.35. The van der Waals surface area contributed by atoms with E-state index in [1.165, 1.54) is 48.3 Å². The van der Waals surface area contributed by atoms with Crippen LogP contribution in [0.15, 0.2) is 42.6 Å². The fourth-order valence-corrected chi connectivity index (χ4v) is 4.93. The third-order valence-corrected chi connectivity index (χ3v) is 6.72. The Morgan fingerprint density at radius 3 is 2.83 bits per heavy atom. The zero-order valence-corrected chi connectivity index (χ0v) is 17.8. The topological polar surface area (TPSA) is 60.0 Å². The molecule has 2 N–H and O–H groups in total. The van der Waals surface area contributed by atoms with Gasteiger partial charge in [0.1, 0.15) is 5.82 Å². The minimum atomic E-state index is 0.377. The molecule has 30 heavy (non-hydrogen) atoms. The van der Waals surface area contributed by atoms with E-state index in [2.05, 4.69) is 45.9 Å². The number of unbranched alkanes of at least 4 members (excludes halogenated alkanes) is 1. The monoisotopic (exact) mass is 403 g/mol. The summed E-state index contributed by atoms with van der Waals surface area (Å²) in [6, 6.07) is 13.3. The van der Waals surface area contributed by atoms with Crippen molar-refractivity contribution in [3.8, 4) is 0 Å². The molecule has 0 bridgehead atoms. The molecule has 0 radical (unpaired) electrons. The summed E-state index contributed by atoms with van der Waals surface area (Å²) in [7, 11) is 0. The molecule has 2 heterocycles. The summed E-state index contributed by atoms with van der Waals surface area (Å²) in [5, 5.41) is 0. The third kappa shape index (κ3) is 4.14. The van der Waals surface area contributed by atoms with Gasteiger partial charge in [-0.2, -0.15) is 0 Å². The fourth-order valence-electron chi connectivity index (χ4n) is 4.93. The van der Waals surface area contributed by atoms with Gasteiger partial charge in [-0.15, -0.1) is 0 Å². The van der Waals surface area contributed by atoms with E-state index in [4.69, 9.17) is 15.7 Å². The lowest BCUT2D eigenvalue weighted by Crippen LogP contribution is -2.34. The van der Waals surface area contributed by atoms with Crippen LogP contribution in [0.25, 0.3) is 11.0 Å². The van der Waals surface area contributed by atoms with Gasteiger partial charge in [0, 0.05) is 12.7 Å². The molecule has 2 aliphatic carbocycles. The largest absolute Gasteiger partial charge is 0.330 e. The van der Waals surface area contributed by atoms with Crippen molar-refractivity contribution in [3.63, 3.8) is 0 Å². The highest BCUT2D eigenvalue weighted by molar-refractivity contribution is 5.75. The Kier molecular flexibility index (Phi) is 5.82. The smallest absolute Gasteiger partial charge is 0.124 e. The number of rotatable bonds is 9. The third-order valence-electron chi connectivity index (χ3n) is 6.72. The number of nitrogens with zero attached hydrogens (tertiary/aromatic N) is 4. The summed E-state index contributed by atoms with van der Waals surface area (Å²) in [6.07, 6.45) is 10.4. The molecule has 1 atom stereocenters. The van der Waals surface area contributed by atoms with Crippen LogP contribution in [0.1, 0.15) is 61.6 Å². The molecular weight excluding hydrogens is 370 g/mol. The maximum absolute atomic E-state index is 5.81. The fraction of sp³-hybridized carbons (Fsp3) is 0.520. The Hall–Kier alpha value is -2.24. The molecule has 5 heteroatoms. The molecular formula is C25H33N5. The van der Waals surface area contributed by atoms with Gasteiger partial charge in [0.15, 0.2) is 0 Å². The van der Waals surface area contributed by atoms with Crippen molar-refractivity contribution in [1.29, 1.82) is 0 Å². The first-order chi connectivity index (χ1) is 14.8. The Morgan fingerprint density at radius 2 is 1.97 bits per heavy atom. The normalized spacial score (nSPS) is 18.8. The lowest BCUT2D eigenvalue weighted by atomic mass is 9.90. The highest BCUT2D eigenvalue weighted by atomic mass is 15.2. The number of imidazole rings is 1. The van der Waals surface area contributed by atoms with E-state index in [0.717, 1.165) is 56.9 Å². The van der Waals surface area contributed by atoms with Gasteiger partial charge in [0.25, 0.3) is 0 Å². The van der Waals surface area contributed by atoms with Crippen LogP contribution in [0.3, 0.4) is 0 Å². The number of pyridine rings is 1. The molecule has 5 rings (SSSR count). The van der Waals surface area contributed by atoms with Gasteiger partial charge in [-0.3, -0.25) is 9.88 Å². The number of aryl methyl sites for hydroxylation is 1. The van der Waals surface area contributed by atoms with Crippen LogP contribution in [0, 0.1) is 5.92 Å². The molecule has 1 aromatic carbocycles. The number of hydrogen-bond donors (Lipinski definition) is 1. The van der Waals surface area contributed by atoms with E-state index in [1.54, 1.807) is 0 Å². The second-order valence-electron chi connectivity index (χ2n) is 8.99. The summed E-state index contributed by atoms with van der Waals surface area (Å²) in [5.74, 6) is 2.03. The standard InChI is InChI=1S/C25H33N5/c26-14-3-4-16-29(23-11-5-7-20-8-6-15-27-25(20)23)18-24-28-21-9-1-2-10-22(21)30(24)17-19-12-13-19/h1-2,6,8-10,15,19,23H,3-5,7,11-14,16-18,26H2. The van der Waals surface area contributed by atoms with Crippen molar-refractivity contribution in [1.82, 2.24) is 19.4 Å². The molecule has 0 spiro atoms. The molecule has 5 nitrogen and oxygen atoms in total. The number of para-hydroxylation sites is 2. The van der Waals surface area contributed by atoms with Crippen molar-refractivity contribution in [2.75, 3.05) is 13.1 Å². The lowest BCUT2D eigenvalue weighted by molar-refractivity contribution is 0.157. The number of fused-ring (bicyclic) bond motifs is 2. The molecule has 0 aliphatic heterocycles. The van der Waals surface area contributed by atoms with Crippen LogP contribution in [-0.2, 0) is 19.5 Å². The summed E-state index contributed by atoms with van der Waals surface area (Å²) >= 11 is 0. The van der Waals surface area contributed by atoms with Crippen molar-refractivity contribution in [3.05, 3.63) is 59.7 Å². The zero-order valence-electron chi connectivity index (χ0n) is 17.8. The summed E-state index contributed by atoms with van der Waals surface area (Å²) in [5.41, 5.74) is 10.9. The van der Waals surface area contributed by atoms with Crippen LogP contribution in [0.4, 0.5) is 0 Å². The van der Waals surface area contributed by atoms with E-state index in [9.17, 15) is 0 Å². The highest BCUT2D eigenvalue weighted by Gasteiger charge is 2.29. The van der Waals surface area contributed by atoms with E-state index in [1.807, 2.05) is 6.20 Å². The number of aromatic nitrogens is 3. The Morgan fingerprint density at radius 1 is 1.07 bits per heavy atom. The van der Waals surface area contributed by atoms with E-state index in [0.29, 0.717) is 6.04 Å². The van der Waals surface area contributed by atoms with Crippen LogP contribution in [0.5, 0.6) is 0 Å². The average Bonchev–Trinajstić information content (AvgIpc) is 3.54. The minimum absolute atomic E-state index is 0.377. The first-order valence-electron chi connectivity index (χ1n) is 11.7. The van der Waals surface area contributed by atoms with Gasteiger partial charge >= 0.3 is 0 Å². The zero-order chi connectivity index (χ0) is 20.3. The van der Waals surface area contributed by atoms with Gasteiger partial charge in [0.05, 0.1) is 29.3 Å². The summed E-state index contributed by atoms with van der Waals surface area (Å²) in [4.78, 5) is 12.5. The summed E-state index contributed by atoms with van der Waals surface area (Å²) < 4.78 is 2.49. The molecule has 158 valence electrons. The maximum Gasteiger partial charge on any atom is 0.124 e. The number of hydrogen-bond acceptors (Lipinski definition) is 4. The van der Waals surface area contributed by atoms with Crippen molar-refractivity contribution >= 4 is 11.0 Å². The van der Waals surface area contributed by atoms with E-state index >= 15 is 0 Å². The second kappa shape index (κ2) is 8.86. The van der Waals surface area contributed by atoms with Gasteiger partial charge in [-0.1, -0.05) is 18.2 Å². The molecule has 1 unspecified atom stereocenters. The SMILES string of the molecule is NCCCCN(Cc1nc2ccccc2n1CC1CC1)C1CCCc2cccnc21. The van der Waals surface area contributed by atoms with Gasteiger partial charge in [-0.05, 0) is 87.7 Å². The van der Waals surface area contributed by atoms with Crippen LogP contribution in [-0.4, -0.2) is 32.5 Å². The predicted octanol–water partition coefficient (Wildman–Crippen LogP) is 4.46. The first kappa shape index (κ1) is 19.7. The Bertz CT molecular complexity index is 990. The molecule has 3 aromatic rings. The quantitative estimate of drug-likeness (QED) is 0.536. The molecule has 2 aromatic heterocycles. The van der Waals surface area contributed by atoms with Gasteiger partial charge in [0.2, 0.25) is 0 Å². The Balaban J connectivity index is 1.47. The van der Waals surface area contributed by atoms with Crippen molar-refractivity contribution in [2.45, 2.75) is 64.1 Å². The highest BCUT2D eigenvalue weighted by Crippen LogP contribution is 2.36. The second-order valence-corrected chi connectivity index (χ2v) is 8.99. The first-order valence-corrected chi connectivity index (χ1v) is 11.7. The number of benzene rings is 1. The minimum Gasteiger partial charge on any atom is -0.330 e. The Labute approximate surface area is 179 Å². The molecule has 1 saturated carbocycles. The van der Waals surface area contributed by atoms with Gasteiger partial charge in [-0.25, -0.2) is 4.98 Å². The molecule has 2 aliphatic rings. The summed E-state index contributed by atoms with van der Waals surface area (Å²) in [6.45, 7) is 3.79.